The second-order valence-corrected chi connectivity index (χ2v) is 6.65. The molecule has 1 N–H and O–H groups in total. The van der Waals surface area contributed by atoms with E-state index in [-0.39, 0.29) is 0 Å². The Labute approximate surface area is 129 Å². The molecule has 116 valence electrons. The molecule has 2 bridgehead atoms. The largest absolute Gasteiger partial charge is 0.365 e. The van der Waals surface area contributed by atoms with Crippen LogP contribution in [0.25, 0.3) is 0 Å². The van der Waals surface area contributed by atoms with Crippen molar-refractivity contribution in [2.45, 2.75) is 77.4 Å². The summed E-state index contributed by atoms with van der Waals surface area (Å²) >= 11 is 0. The molecule has 2 aliphatic rings. The van der Waals surface area contributed by atoms with Crippen LogP contribution in [0.3, 0.4) is 0 Å². The molecule has 2 nitrogen and oxygen atoms in total. The third-order valence-electron chi connectivity index (χ3n) is 5.45. The Balaban J connectivity index is 1.92. The van der Waals surface area contributed by atoms with E-state index in [2.05, 4.69) is 49.2 Å². The van der Waals surface area contributed by atoms with Crippen LogP contribution in [-0.2, 0) is 12.8 Å². The van der Waals surface area contributed by atoms with Gasteiger partial charge in [-0.3, -0.25) is 0 Å². The van der Waals surface area contributed by atoms with Gasteiger partial charge in [-0.05, 0) is 56.2 Å². The number of piperidine rings is 1. The quantitative estimate of drug-likeness (QED) is 0.882. The molecule has 0 aromatic heterocycles. The molecule has 1 aromatic carbocycles. The fourth-order valence-corrected chi connectivity index (χ4v) is 4.54. The zero-order chi connectivity index (χ0) is 14.8. The van der Waals surface area contributed by atoms with Gasteiger partial charge >= 0.3 is 0 Å². The van der Waals surface area contributed by atoms with Gasteiger partial charge in [0.25, 0.3) is 0 Å². The number of hydrogen-bond donors (Lipinski definition) is 1. The number of rotatable bonds is 5. The average molecular weight is 286 g/mol. The Morgan fingerprint density at radius 3 is 2.05 bits per heavy atom. The molecule has 21 heavy (non-hydrogen) atoms. The number of para-hydroxylation sites is 1. The highest BCUT2D eigenvalue weighted by atomic mass is 15.2. The van der Waals surface area contributed by atoms with Gasteiger partial charge in [0.2, 0.25) is 0 Å². The zero-order valence-corrected chi connectivity index (χ0v) is 13.9. The first kappa shape index (κ1) is 14.9. The molecule has 0 spiro atoms. The molecule has 3 rings (SSSR count). The number of nitrogens with one attached hydrogen (secondary N) is 1. The van der Waals surface area contributed by atoms with E-state index in [0.29, 0.717) is 0 Å². The van der Waals surface area contributed by atoms with Crippen LogP contribution < -0.4 is 10.2 Å². The van der Waals surface area contributed by atoms with Crippen LogP contribution in [0, 0.1) is 0 Å². The molecule has 2 unspecified atom stereocenters. The molecule has 2 aliphatic heterocycles. The Morgan fingerprint density at radius 2 is 1.57 bits per heavy atom. The standard InChI is InChI=1S/C19H30N2/c1-4-14-8-7-9-15(5-2)19(14)21-17-10-11-18(21)13-16(12-17)20-6-3/h7-9,16-18,20H,4-6,10-13H2,1-3H3. The van der Waals surface area contributed by atoms with Crippen LogP contribution >= 0.6 is 0 Å². The Kier molecular flexibility index (Phi) is 4.54. The van der Waals surface area contributed by atoms with Gasteiger partial charge < -0.3 is 10.2 Å². The Hall–Kier alpha value is -1.02. The molecular weight excluding hydrogens is 256 g/mol. The first-order valence-corrected chi connectivity index (χ1v) is 8.90. The van der Waals surface area contributed by atoms with Gasteiger partial charge in [-0.25, -0.2) is 0 Å². The summed E-state index contributed by atoms with van der Waals surface area (Å²) < 4.78 is 0. The van der Waals surface area contributed by atoms with E-state index in [0.717, 1.165) is 37.5 Å². The number of hydrogen-bond acceptors (Lipinski definition) is 2. The average Bonchev–Trinajstić information content (AvgIpc) is 2.76. The van der Waals surface area contributed by atoms with E-state index in [1.807, 2.05) is 0 Å². The number of fused-ring (bicyclic) bond motifs is 2. The van der Waals surface area contributed by atoms with Gasteiger partial charge in [0, 0.05) is 23.8 Å². The van der Waals surface area contributed by atoms with Crippen molar-refractivity contribution in [2.24, 2.45) is 0 Å². The van der Waals surface area contributed by atoms with E-state index in [1.54, 1.807) is 16.8 Å². The van der Waals surface area contributed by atoms with Gasteiger partial charge in [-0.15, -0.1) is 0 Å². The summed E-state index contributed by atoms with van der Waals surface area (Å²) in [5.74, 6) is 0. The second-order valence-electron chi connectivity index (χ2n) is 6.65. The van der Waals surface area contributed by atoms with Gasteiger partial charge in [-0.2, -0.15) is 0 Å². The smallest absolute Gasteiger partial charge is 0.0436 e. The number of anilines is 1. The molecule has 2 fully saturated rings. The van der Waals surface area contributed by atoms with Crippen molar-refractivity contribution in [3.63, 3.8) is 0 Å². The molecule has 2 atom stereocenters. The first-order valence-electron chi connectivity index (χ1n) is 8.90. The number of benzene rings is 1. The van der Waals surface area contributed by atoms with E-state index in [4.69, 9.17) is 0 Å². The minimum absolute atomic E-state index is 0.739. The van der Waals surface area contributed by atoms with Gasteiger partial charge in [0.05, 0.1) is 0 Å². The Morgan fingerprint density at radius 1 is 1.00 bits per heavy atom. The fourth-order valence-electron chi connectivity index (χ4n) is 4.54. The normalized spacial score (nSPS) is 28.1. The minimum Gasteiger partial charge on any atom is -0.365 e. The monoisotopic (exact) mass is 286 g/mol. The molecule has 0 saturated carbocycles. The summed E-state index contributed by atoms with van der Waals surface area (Å²) in [5.41, 5.74) is 4.69. The van der Waals surface area contributed by atoms with Crippen LogP contribution in [0.1, 0.15) is 57.6 Å². The summed E-state index contributed by atoms with van der Waals surface area (Å²) in [7, 11) is 0. The Bertz CT molecular complexity index is 446. The fraction of sp³-hybridized carbons (Fsp3) is 0.684. The van der Waals surface area contributed by atoms with Gasteiger partial charge in [0.1, 0.15) is 0 Å². The van der Waals surface area contributed by atoms with Crippen molar-refractivity contribution < 1.29 is 0 Å². The van der Waals surface area contributed by atoms with E-state index >= 15 is 0 Å². The van der Waals surface area contributed by atoms with Crippen molar-refractivity contribution in [3.8, 4) is 0 Å². The van der Waals surface area contributed by atoms with Crippen molar-refractivity contribution in [1.82, 2.24) is 5.32 Å². The first-order chi connectivity index (χ1) is 10.3. The third kappa shape index (κ3) is 2.70. The second kappa shape index (κ2) is 6.39. The van der Waals surface area contributed by atoms with E-state index in [9.17, 15) is 0 Å². The highest BCUT2D eigenvalue weighted by molar-refractivity contribution is 5.62. The molecule has 2 heteroatoms. The summed E-state index contributed by atoms with van der Waals surface area (Å²) in [6, 6.07) is 9.17. The molecule has 2 saturated heterocycles. The predicted molar refractivity (Wildman–Crippen MR) is 91.2 cm³/mol. The molecule has 0 radical (unpaired) electrons. The van der Waals surface area contributed by atoms with Crippen molar-refractivity contribution in [3.05, 3.63) is 29.3 Å². The van der Waals surface area contributed by atoms with Crippen LogP contribution in [0.2, 0.25) is 0 Å². The minimum atomic E-state index is 0.739. The lowest BCUT2D eigenvalue weighted by Crippen LogP contribution is -2.49. The summed E-state index contributed by atoms with van der Waals surface area (Å²) in [4.78, 5) is 2.81. The van der Waals surface area contributed by atoms with Crippen molar-refractivity contribution in [2.75, 3.05) is 11.4 Å². The molecule has 0 aliphatic carbocycles. The summed E-state index contributed by atoms with van der Waals surface area (Å²) in [6.45, 7) is 7.93. The summed E-state index contributed by atoms with van der Waals surface area (Å²) in [6.07, 6.45) is 7.71. The highest BCUT2D eigenvalue weighted by Gasteiger charge is 2.41. The van der Waals surface area contributed by atoms with Crippen molar-refractivity contribution in [1.29, 1.82) is 0 Å². The summed E-state index contributed by atoms with van der Waals surface area (Å²) in [5, 5.41) is 3.69. The number of nitrogens with zero attached hydrogens (tertiary/aromatic N) is 1. The van der Waals surface area contributed by atoms with E-state index < -0.39 is 0 Å². The molecule has 0 amide bonds. The predicted octanol–water partition coefficient (Wildman–Crippen LogP) is 3.92. The lowest BCUT2D eigenvalue weighted by atomic mass is 9.93. The molecular formula is C19H30N2. The van der Waals surface area contributed by atoms with Crippen LogP contribution in [0.15, 0.2) is 18.2 Å². The van der Waals surface area contributed by atoms with Crippen molar-refractivity contribution >= 4 is 5.69 Å². The zero-order valence-electron chi connectivity index (χ0n) is 13.9. The maximum Gasteiger partial charge on any atom is 0.0436 e. The SMILES string of the molecule is CCNC1CC2CCC(C1)N2c1c(CC)cccc1CC. The lowest BCUT2D eigenvalue weighted by Gasteiger charge is -2.42. The molecule has 2 heterocycles. The van der Waals surface area contributed by atoms with Gasteiger partial charge in [-0.1, -0.05) is 39.0 Å². The third-order valence-corrected chi connectivity index (χ3v) is 5.45. The molecule has 1 aromatic rings. The van der Waals surface area contributed by atoms with Crippen LogP contribution in [0.4, 0.5) is 5.69 Å². The number of aryl methyl sites for hydroxylation is 2. The van der Waals surface area contributed by atoms with Crippen LogP contribution in [-0.4, -0.2) is 24.7 Å². The van der Waals surface area contributed by atoms with E-state index in [1.165, 1.54) is 25.7 Å². The highest BCUT2D eigenvalue weighted by Crippen LogP contribution is 2.42. The topological polar surface area (TPSA) is 15.3 Å². The van der Waals surface area contributed by atoms with Gasteiger partial charge in [0.15, 0.2) is 0 Å². The maximum absolute atomic E-state index is 3.69. The lowest BCUT2D eigenvalue weighted by molar-refractivity contribution is 0.361. The van der Waals surface area contributed by atoms with Crippen LogP contribution in [0.5, 0.6) is 0 Å². The maximum atomic E-state index is 3.69.